The van der Waals surface area contributed by atoms with Crippen molar-refractivity contribution in [2.24, 2.45) is 5.73 Å². The van der Waals surface area contributed by atoms with Gasteiger partial charge in [-0.2, -0.15) is 5.26 Å². The average Bonchev–Trinajstić information content (AvgIpc) is 2.65. The van der Waals surface area contributed by atoms with Crippen molar-refractivity contribution in [1.29, 1.82) is 5.26 Å². The Hall–Kier alpha value is -3.65. The Kier molecular flexibility index (Phi) is 4.44. The number of nitrogens with two attached hydrogens (primary N) is 1. The molecule has 0 atom stereocenters. The minimum absolute atomic E-state index is 0.243. The summed E-state index contributed by atoms with van der Waals surface area (Å²) >= 11 is 0. The molecule has 0 radical (unpaired) electrons. The Morgan fingerprint density at radius 2 is 2.04 bits per heavy atom. The maximum atomic E-state index is 11.8. The number of hydrogen-bond donors (Lipinski definition) is 2. The van der Waals surface area contributed by atoms with Crippen LogP contribution in [0.2, 0.25) is 0 Å². The minimum Gasteiger partial charge on any atom is -0.379 e. The van der Waals surface area contributed by atoms with Crippen LogP contribution < -0.4 is 11.1 Å². The zero-order valence-electron chi connectivity index (χ0n) is 13.5. The summed E-state index contributed by atoms with van der Waals surface area (Å²) in [6.45, 7) is 3.90. The van der Waals surface area contributed by atoms with Crippen LogP contribution in [-0.4, -0.2) is 17.4 Å². The third-order valence-corrected chi connectivity index (χ3v) is 3.92. The molecule has 0 aliphatic rings. The molecule has 1 heterocycles. The van der Waals surface area contributed by atoms with Gasteiger partial charge < -0.3 is 11.1 Å². The number of amides is 1. The summed E-state index contributed by atoms with van der Waals surface area (Å²) in [4.78, 5) is 16.0. The number of carbonyl (C=O) groups is 1. The molecular weight excluding hydrogens is 312 g/mol. The molecule has 0 unspecified atom stereocenters. The number of hydrogen-bond acceptors (Lipinski definition) is 4. The summed E-state index contributed by atoms with van der Waals surface area (Å²) in [6.07, 6.45) is 3.50. The third-order valence-electron chi connectivity index (χ3n) is 3.92. The maximum absolute atomic E-state index is 11.8. The molecular formula is C20H16N4O. The van der Waals surface area contributed by atoms with E-state index in [1.54, 1.807) is 18.5 Å². The summed E-state index contributed by atoms with van der Waals surface area (Å²) in [5.41, 5.74) is 8.82. The Labute approximate surface area is 145 Å². The fourth-order valence-corrected chi connectivity index (χ4v) is 2.66. The molecule has 2 aromatic carbocycles. The van der Waals surface area contributed by atoms with E-state index in [1.807, 2.05) is 42.5 Å². The van der Waals surface area contributed by atoms with Crippen LogP contribution in [0.15, 0.2) is 67.0 Å². The molecule has 0 bridgehead atoms. The van der Waals surface area contributed by atoms with E-state index in [0.29, 0.717) is 16.8 Å². The summed E-state index contributed by atoms with van der Waals surface area (Å²) in [7, 11) is 0. The Balaban J connectivity index is 2.17. The molecule has 0 fully saturated rings. The van der Waals surface area contributed by atoms with Gasteiger partial charge in [-0.15, -0.1) is 0 Å². The number of primary amides is 1. The number of pyridine rings is 1. The first kappa shape index (κ1) is 16.2. The lowest BCUT2D eigenvalue weighted by molar-refractivity contribution is 0.100. The SMILES string of the molecule is C=C(C#N)CNc1c(C(N)=O)ccc2ccc(-c3cccnc3)cc12. The fourth-order valence-electron chi connectivity index (χ4n) is 2.66. The lowest BCUT2D eigenvalue weighted by atomic mass is 9.98. The second-order valence-corrected chi connectivity index (χ2v) is 5.60. The zero-order valence-corrected chi connectivity index (χ0v) is 13.5. The van der Waals surface area contributed by atoms with Crippen molar-refractivity contribution < 1.29 is 4.79 Å². The highest BCUT2D eigenvalue weighted by Crippen LogP contribution is 2.31. The summed E-state index contributed by atoms with van der Waals surface area (Å²) < 4.78 is 0. The number of anilines is 1. The molecule has 0 saturated heterocycles. The van der Waals surface area contributed by atoms with Crippen LogP contribution in [0, 0.1) is 11.3 Å². The van der Waals surface area contributed by atoms with Gasteiger partial charge in [-0.1, -0.05) is 30.8 Å². The van der Waals surface area contributed by atoms with Crippen molar-refractivity contribution >= 4 is 22.4 Å². The van der Waals surface area contributed by atoms with E-state index in [4.69, 9.17) is 11.0 Å². The quantitative estimate of drug-likeness (QED) is 0.701. The van der Waals surface area contributed by atoms with Gasteiger partial charge in [0, 0.05) is 35.5 Å². The Morgan fingerprint density at radius 3 is 2.72 bits per heavy atom. The molecule has 0 saturated carbocycles. The molecule has 122 valence electrons. The molecule has 1 amide bonds. The lowest BCUT2D eigenvalue weighted by Gasteiger charge is -2.14. The summed E-state index contributed by atoms with van der Waals surface area (Å²) in [6, 6.07) is 15.3. The average molecular weight is 328 g/mol. The lowest BCUT2D eigenvalue weighted by Crippen LogP contribution is -2.15. The Bertz CT molecular complexity index is 1000. The van der Waals surface area contributed by atoms with Gasteiger partial charge in [0.1, 0.15) is 0 Å². The van der Waals surface area contributed by atoms with Gasteiger partial charge in [-0.3, -0.25) is 9.78 Å². The van der Waals surface area contributed by atoms with Gasteiger partial charge in [0.15, 0.2) is 0 Å². The van der Waals surface area contributed by atoms with Crippen molar-refractivity contribution in [3.8, 4) is 17.2 Å². The summed E-state index contributed by atoms with van der Waals surface area (Å²) in [5, 5.41) is 13.8. The molecule has 0 aliphatic carbocycles. The number of nitriles is 1. The number of fused-ring (bicyclic) bond motifs is 1. The van der Waals surface area contributed by atoms with Crippen molar-refractivity contribution in [3.63, 3.8) is 0 Å². The number of nitrogens with zero attached hydrogens (tertiary/aromatic N) is 2. The molecule has 5 heteroatoms. The first-order chi connectivity index (χ1) is 12.1. The first-order valence-electron chi connectivity index (χ1n) is 7.69. The van der Waals surface area contributed by atoms with Crippen LogP contribution in [0.1, 0.15) is 10.4 Å². The second kappa shape index (κ2) is 6.85. The minimum atomic E-state index is -0.529. The highest BCUT2D eigenvalue weighted by atomic mass is 16.1. The van der Waals surface area contributed by atoms with Crippen molar-refractivity contribution in [1.82, 2.24) is 4.98 Å². The predicted molar refractivity (Wildman–Crippen MR) is 98.9 cm³/mol. The van der Waals surface area contributed by atoms with E-state index in [0.717, 1.165) is 21.9 Å². The molecule has 5 nitrogen and oxygen atoms in total. The van der Waals surface area contributed by atoms with Crippen molar-refractivity contribution in [2.75, 3.05) is 11.9 Å². The van der Waals surface area contributed by atoms with Gasteiger partial charge in [-0.05, 0) is 29.1 Å². The van der Waals surface area contributed by atoms with Crippen molar-refractivity contribution in [2.45, 2.75) is 0 Å². The predicted octanol–water partition coefficient (Wildman–Crippen LogP) is 3.49. The molecule has 1 aromatic heterocycles. The van der Waals surface area contributed by atoms with Crippen LogP contribution in [-0.2, 0) is 0 Å². The van der Waals surface area contributed by atoms with Crippen LogP contribution in [0.5, 0.6) is 0 Å². The standard InChI is InChI=1S/C20H16N4O/c1-13(10-21)11-24-19-17(20(22)25)7-6-14-4-5-15(9-18(14)19)16-3-2-8-23-12-16/h2-9,12,24H,1,11H2,(H2,22,25). The molecule has 3 N–H and O–H groups in total. The number of carbonyl (C=O) groups excluding carboxylic acids is 1. The first-order valence-corrected chi connectivity index (χ1v) is 7.69. The molecule has 3 aromatic rings. The molecule has 25 heavy (non-hydrogen) atoms. The van der Waals surface area contributed by atoms with E-state index in [-0.39, 0.29) is 6.54 Å². The van der Waals surface area contributed by atoms with Gasteiger partial charge in [0.25, 0.3) is 5.91 Å². The number of rotatable bonds is 5. The highest BCUT2D eigenvalue weighted by Gasteiger charge is 2.13. The molecule has 0 aliphatic heterocycles. The molecule has 3 rings (SSSR count). The second-order valence-electron chi connectivity index (χ2n) is 5.60. The normalized spacial score (nSPS) is 10.2. The monoisotopic (exact) mass is 328 g/mol. The van der Waals surface area contributed by atoms with Gasteiger partial charge >= 0.3 is 0 Å². The summed E-state index contributed by atoms with van der Waals surface area (Å²) in [5.74, 6) is -0.529. The van der Waals surface area contributed by atoms with Crippen molar-refractivity contribution in [3.05, 3.63) is 72.6 Å². The number of nitrogens with one attached hydrogen (secondary N) is 1. The largest absolute Gasteiger partial charge is 0.379 e. The number of aromatic nitrogens is 1. The van der Waals surface area contributed by atoms with Gasteiger partial charge in [0.05, 0.1) is 17.3 Å². The Morgan fingerprint density at radius 1 is 1.24 bits per heavy atom. The third kappa shape index (κ3) is 3.33. The van der Waals surface area contributed by atoms with E-state index in [1.165, 1.54) is 0 Å². The fraction of sp³-hybridized carbons (Fsp3) is 0.0500. The van der Waals surface area contributed by atoms with E-state index < -0.39 is 5.91 Å². The zero-order chi connectivity index (χ0) is 17.8. The molecule has 0 spiro atoms. The van der Waals surface area contributed by atoms with E-state index >= 15 is 0 Å². The topological polar surface area (TPSA) is 91.8 Å². The van der Waals surface area contributed by atoms with Crippen LogP contribution in [0.3, 0.4) is 0 Å². The van der Waals surface area contributed by atoms with Crippen LogP contribution >= 0.6 is 0 Å². The number of benzene rings is 2. The van der Waals surface area contributed by atoms with Gasteiger partial charge in [0.2, 0.25) is 0 Å². The highest BCUT2D eigenvalue weighted by molar-refractivity contribution is 6.08. The maximum Gasteiger partial charge on any atom is 0.250 e. The van der Waals surface area contributed by atoms with Crippen LogP contribution in [0.25, 0.3) is 21.9 Å². The van der Waals surface area contributed by atoms with E-state index in [9.17, 15) is 4.79 Å². The van der Waals surface area contributed by atoms with E-state index in [2.05, 4.69) is 16.9 Å². The van der Waals surface area contributed by atoms with Crippen LogP contribution in [0.4, 0.5) is 5.69 Å². The van der Waals surface area contributed by atoms with Gasteiger partial charge in [-0.25, -0.2) is 0 Å². The smallest absolute Gasteiger partial charge is 0.250 e.